The topological polar surface area (TPSA) is 26.0 Å². The Hall–Kier alpha value is -0.670. The number of hydrogen-bond acceptors (Lipinski definition) is 1. The van der Waals surface area contributed by atoms with E-state index in [2.05, 4.69) is 0 Å². The van der Waals surface area contributed by atoms with Gasteiger partial charge in [-0.15, -0.1) is 0 Å². The summed E-state index contributed by atoms with van der Waals surface area (Å²) in [5, 5.41) is 0.183. The summed E-state index contributed by atoms with van der Waals surface area (Å²) in [5.74, 6) is -1.80. The van der Waals surface area contributed by atoms with E-state index in [1.54, 1.807) is 13.8 Å². The summed E-state index contributed by atoms with van der Waals surface area (Å²) in [7, 11) is 0. The Morgan fingerprint density at radius 3 is 2.43 bits per heavy atom. The molecule has 0 heterocycles. The Balaban J connectivity index is 3.09. The van der Waals surface area contributed by atoms with Gasteiger partial charge in [-0.1, -0.05) is 11.6 Å². The molecule has 0 atom stereocenters. The van der Waals surface area contributed by atoms with E-state index in [1.807, 2.05) is 0 Å². The van der Waals surface area contributed by atoms with Crippen LogP contribution in [0.1, 0.15) is 19.4 Å². The highest BCUT2D eigenvalue weighted by molar-refractivity contribution is 6.30. The molecular formula is C10H12ClF2N. The normalized spacial score (nSPS) is 11.9. The van der Waals surface area contributed by atoms with Gasteiger partial charge in [0.15, 0.2) is 11.6 Å². The van der Waals surface area contributed by atoms with Gasteiger partial charge in [-0.25, -0.2) is 8.78 Å². The average Bonchev–Trinajstić information content (AvgIpc) is 1.96. The van der Waals surface area contributed by atoms with E-state index in [0.29, 0.717) is 0 Å². The highest BCUT2D eigenvalue weighted by atomic mass is 35.5. The Morgan fingerprint density at radius 2 is 1.93 bits per heavy atom. The van der Waals surface area contributed by atoms with Crippen molar-refractivity contribution in [1.29, 1.82) is 0 Å². The van der Waals surface area contributed by atoms with Gasteiger partial charge in [0.2, 0.25) is 0 Å². The molecule has 0 aromatic heterocycles. The Bertz CT molecular complexity index is 345. The molecule has 0 aliphatic carbocycles. The molecular weight excluding hydrogens is 208 g/mol. The predicted molar refractivity (Wildman–Crippen MR) is 53.3 cm³/mol. The van der Waals surface area contributed by atoms with E-state index < -0.39 is 17.2 Å². The maximum absolute atomic E-state index is 13.2. The molecule has 1 nitrogen and oxygen atoms in total. The molecule has 1 aromatic rings. The van der Waals surface area contributed by atoms with Gasteiger partial charge in [-0.3, -0.25) is 0 Å². The van der Waals surface area contributed by atoms with Crippen molar-refractivity contribution in [3.8, 4) is 0 Å². The number of nitrogens with two attached hydrogens (primary N) is 1. The maximum atomic E-state index is 13.2. The van der Waals surface area contributed by atoms with Crippen LogP contribution >= 0.6 is 11.6 Å². The fourth-order valence-corrected chi connectivity index (χ4v) is 1.46. The van der Waals surface area contributed by atoms with Crippen LogP contribution in [0, 0.1) is 11.6 Å². The Labute approximate surface area is 86.9 Å². The molecule has 1 aromatic carbocycles. The molecule has 1 rings (SSSR count). The first-order chi connectivity index (χ1) is 6.29. The van der Waals surface area contributed by atoms with Crippen molar-refractivity contribution in [2.75, 3.05) is 0 Å². The first-order valence-corrected chi connectivity index (χ1v) is 4.60. The van der Waals surface area contributed by atoms with Gasteiger partial charge in [0.1, 0.15) is 0 Å². The standard InChI is InChI=1S/C10H12ClF2N/c1-10(2,14)5-6-3-7(11)4-8(12)9(6)13/h3-4H,5,14H2,1-2H3. The van der Waals surface area contributed by atoms with Crippen molar-refractivity contribution in [2.24, 2.45) is 5.73 Å². The van der Waals surface area contributed by atoms with E-state index in [-0.39, 0.29) is 17.0 Å². The third-order valence-electron chi connectivity index (χ3n) is 1.71. The van der Waals surface area contributed by atoms with Gasteiger partial charge in [0.05, 0.1) is 0 Å². The minimum atomic E-state index is -0.934. The van der Waals surface area contributed by atoms with Crippen molar-refractivity contribution < 1.29 is 8.78 Å². The van der Waals surface area contributed by atoms with Gasteiger partial charge in [-0.2, -0.15) is 0 Å². The van der Waals surface area contributed by atoms with Crippen molar-refractivity contribution in [1.82, 2.24) is 0 Å². The molecule has 0 radical (unpaired) electrons. The van der Waals surface area contributed by atoms with Crippen LogP contribution in [0.5, 0.6) is 0 Å². The molecule has 0 bridgehead atoms. The van der Waals surface area contributed by atoms with Crippen LogP contribution in [-0.2, 0) is 6.42 Å². The predicted octanol–water partition coefficient (Wildman–Crippen LogP) is 2.90. The summed E-state index contributed by atoms with van der Waals surface area (Å²) in [6, 6.07) is 2.35. The van der Waals surface area contributed by atoms with Crippen molar-refractivity contribution >= 4 is 11.6 Å². The second-order valence-corrected chi connectivity index (χ2v) is 4.46. The van der Waals surface area contributed by atoms with Gasteiger partial charge < -0.3 is 5.73 Å². The third kappa shape index (κ3) is 2.93. The summed E-state index contributed by atoms with van der Waals surface area (Å²) in [4.78, 5) is 0. The van der Waals surface area contributed by atoms with Crippen LogP contribution in [0.15, 0.2) is 12.1 Å². The molecule has 78 valence electrons. The number of halogens is 3. The zero-order valence-electron chi connectivity index (χ0n) is 8.07. The van der Waals surface area contributed by atoms with Crippen molar-refractivity contribution in [3.05, 3.63) is 34.4 Å². The fraction of sp³-hybridized carbons (Fsp3) is 0.400. The molecule has 0 saturated heterocycles. The lowest BCUT2D eigenvalue weighted by atomic mass is 9.96. The van der Waals surface area contributed by atoms with E-state index in [0.717, 1.165) is 6.07 Å². The summed E-state index contributed by atoms with van der Waals surface area (Å²) in [6.45, 7) is 3.48. The van der Waals surface area contributed by atoms with Crippen molar-refractivity contribution in [2.45, 2.75) is 25.8 Å². The lowest BCUT2D eigenvalue weighted by molar-refractivity contribution is 0.466. The molecule has 0 aliphatic heterocycles. The van der Waals surface area contributed by atoms with Crippen molar-refractivity contribution in [3.63, 3.8) is 0 Å². The minimum absolute atomic E-state index is 0.183. The molecule has 0 amide bonds. The molecule has 2 N–H and O–H groups in total. The number of rotatable bonds is 2. The highest BCUT2D eigenvalue weighted by Gasteiger charge is 2.17. The number of hydrogen-bond donors (Lipinski definition) is 1. The number of benzene rings is 1. The summed E-state index contributed by atoms with van der Waals surface area (Å²) < 4.78 is 26.1. The molecule has 0 saturated carbocycles. The summed E-state index contributed by atoms with van der Waals surface area (Å²) in [6.07, 6.45) is 0.246. The molecule has 0 spiro atoms. The van der Waals surface area contributed by atoms with Gasteiger partial charge in [0.25, 0.3) is 0 Å². The van der Waals surface area contributed by atoms with E-state index in [1.165, 1.54) is 6.07 Å². The summed E-state index contributed by atoms with van der Waals surface area (Å²) in [5.41, 5.74) is 5.33. The van der Waals surface area contributed by atoms with Crippen LogP contribution in [0.25, 0.3) is 0 Å². The quantitative estimate of drug-likeness (QED) is 0.761. The second kappa shape index (κ2) is 3.83. The molecule has 0 unspecified atom stereocenters. The van der Waals surface area contributed by atoms with Crippen LogP contribution in [-0.4, -0.2) is 5.54 Å². The van der Waals surface area contributed by atoms with Crippen LogP contribution in [0.3, 0.4) is 0 Å². The average molecular weight is 220 g/mol. The third-order valence-corrected chi connectivity index (χ3v) is 1.93. The smallest absolute Gasteiger partial charge is 0.162 e. The van der Waals surface area contributed by atoms with Gasteiger partial charge >= 0.3 is 0 Å². The highest BCUT2D eigenvalue weighted by Crippen LogP contribution is 2.21. The first-order valence-electron chi connectivity index (χ1n) is 4.22. The fourth-order valence-electron chi connectivity index (χ4n) is 1.23. The molecule has 0 aliphatic rings. The van der Waals surface area contributed by atoms with E-state index in [4.69, 9.17) is 17.3 Å². The maximum Gasteiger partial charge on any atom is 0.162 e. The lowest BCUT2D eigenvalue weighted by Crippen LogP contribution is -2.34. The van der Waals surface area contributed by atoms with Crippen LogP contribution in [0.4, 0.5) is 8.78 Å². The first kappa shape index (κ1) is 11.4. The Morgan fingerprint density at radius 1 is 1.36 bits per heavy atom. The second-order valence-electron chi connectivity index (χ2n) is 4.03. The van der Waals surface area contributed by atoms with Gasteiger partial charge in [0, 0.05) is 10.6 Å². The SMILES string of the molecule is CC(C)(N)Cc1cc(Cl)cc(F)c1F. The lowest BCUT2D eigenvalue weighted by Gasteiger charge is -2.18. The van der Waals surface area contributed by atoms with Crippen LogP contribution in [0.2, 0.25) is 5.02 Å². The molecule has 4 heteroatoms. The van der Waals surface area contributed by atoms with Crippen LogP contribution < -0.4 is 5.73 Å². The largest absolute Gasteiger partial charge is 0.325 e. The van der Waals surface area contributed by atoms with Gasteiger partial charge in [-0.05, 0) is 38.0 Å². The summed E-state index contributed by atoms with van der Waals surface area (Å²) >= 11 is 5.60. The zero-order chi connectivity index (χ0) is 10.9. The molecule has 14 heavy (non-hydrogen) atoms. The Kier molecular flexibility index (Phi) is 3.12. The van der Waals surface area contributed by atoms with E-state index >= 15 is 0 Å². The minimum Gasteiger partial charge on any atom is -0.325 e. The zero-order valence-corrected chi connectivity index (χ0v) is 8.83. The monoisotopic (exact) mass is 219 g/mol. The molecule has 0 fully saturated rings. The van der Waals surface area contributed by atoms with E-state index in [9.17, 15) is 8.78 Å².